The van der Waals surface area contributed by atoms with Crippen molar-refractivity contribution in [3.63, 3.8) is 0 Å². The zero-order valence-electron chi connectivity index (χ0n) is 20.7. The summed E-state index contributed by atoms with van der Waals surface area (Å²) in [4.78, 5) is 4.77. The van der Waals surface area contributed by atoms with Gasteiger partial charge in [0.05, 0.1) is 16.9 Å². The lowest BCUT2D eigenvalue weighted by Crippen LogP contribution is -2.49. The first kappa shape index (κ1) is 23.9. The van der Waals surface area contributed by atoms with Gasteiger partial charge in [-0.1, -0.05) is 78.3 Å². The molecule has 0 atom stereocenters. The van der Waals surface area contributed by atoms with Crippen LogP contribution in [0.5, 0.6) is 0 Å². The van der Waals surface area contributed by atoms with Crippen molar-refractivity contribution >= 4 is 12.9 Å². The highest BCUT2D eigenvalue weighted by atomic mass is 16.5. The van der Waals surface area contributed by atoms with E-state index in [2.05, 4.69) is 85.8 Å². The molecule has 0 aliphatic heterocycles. The van der Waals surface area contributed by atoms with E-state index in [4.69, 9.17) is 9.64 Å². The van der Waals surface area contributed by atoms with Gasteiger partial charge in [0.1, 0.15) is 0 Å². The van der Waals surface area contributed by atoms with Gasteiger partial charge in [-0.2, -0.15) is 0 Å². The Kier molecular flexibility index (Phi) is 6.74. The van der Waals surface area contributed by atoms with Crippen LogP contribution in [0, 0.1) is 6.92 Å². The summed E-state index contributed by atoms with van der Waals surface area (Å²) in [6.45, 7) is 9.49. The Bertz CT molecular complexity index is 1260. The van der Waals surface area contributed by atoms with Crippen molar-refractivity contribution in [2.24, 2.45) is 0 Å². The van der Waals surface area contributed by atoms with Crippen LogP contribution in [0.4, 0.5) is 0 Å². The predicted molar refractivity (Wildman–Crippen MR) is 144 cm³/mol. The van der Waals surface area contributed by atoms with Gasteiger partial charge in [-0.15, -0.1) is 0 Å². The number of aromatic nitrogens is 1. The Hall–Kier alpha value is -3.21. The van der Waals surface area contributed by atoms with Crippen molar-refractivity contribution in [3.8, 4) is 33.5 Å². The van der Waals surface area contributed by atoms with Crippen LogP contribution in [0.15, 0.2) is 91.1 Å². The van der Waals surface area contributed by atoms with E-state index in [9.17, 15) is 5.11 Å². The molecule has 0 aliphatic rings. The molecular weight excluding hydrogens is 417 g/mol. The first-order chi connectivity index (χ1) is 16.1. The van der Waals surface area contributed by atoms with Crippen LogP contribution in [-0.4, -0.2) is 28.8 Å². The van der Waals surface area contributed by atoms with Crippen LogP contribution in [0.2, 0.25) is 0 Å². The maximum Gasteiger partial charge on any atom is 0.309 e. The van der Waals surface area contributed by atoms with Crippen molar-refractivity contribution in [2.75, 3.05) is 0 Å². The van der Waals surface area contributed by atoms with Crippen molar-refractivity contribution in [2.45, 2.75) is 45.8 Å². The van der Waals surface area contributed by atoms with Crippen LogP contribution >= 0.6 is 0 Å². The average molecular weight is 449 g/mol. The number of rotatable bonds is 7. The summed E-state index contributed by atoms with van der Waals surface area (Å²) in [6.07, 6.45) is 1.97. The normalized spacial score (nSPS) is 11.9. The highest BCUT2D eigenvalue weighted by molar-refractivity contribution is 6.47. The van der Waals surface area contributed by atoms with E-state index in [1.165, 1.54) is 22.3 Å². The molecule has 0 aliphatic carbocycles. The smallest absolute Gasteiger partial charge is 0.309 e. The molecule has 1 N–H and O–H groups in total. The fraction of sp³-hybridized carbons (Fsp3) is 0.233. The molecule has 34 heavy (non-hydrogen) atoms. The summed E-state index contributed by atoms with van der Waals surface area (Å²) in [5.41, 5.74) is 7.42. The van der Waals surface area contributed by atoms with Crippen molar-refractivity contribution in [3.05, 3.63) is 96.7 Å². The number of benzene rings is 3. The zero-order chi connectivity index (χ0) is 24.3. The topological polar surface area (TPSA) is 42.4 Å². The molecule has 172 valence electrons. The van der Waals surface area contributed by atoms with E-state index in [1.807, 2.05) is 26.1 Å². The summed E-state index contributed by atoms with van der Waals surface area (Å²) < 4.78 is 5.99. The number of nitrogens with zero attached hydrogens (tertiary/aromatic N) is 1. The number of hydrogen-bond donors (Lipinski definition) is 1. The summed E-state index contributed by atoms with van der Waals surface area (Å²) in [5, 5.41) is 10.3. The molecule has 0 saturated carbocycles. The molecule has 4 rings (SSSR count). The Labute approximate surface area is 203 Å². The lowest BCUT2D eigenvalue weighted by molar-refractivity contribution is -0.0893. The molecule has 0 unspecified atom stereocenters. The standard InChI is InChI=1S/C30H32BNO2/c1-21-18-28(23-14-16-26(17-15-23)31-34-30(4,5)29(2,3)33)32-20-27(21)25-13-9-12-24(19-25)22-10-7-6-8-11-22/h6-20,31,33H,1-5H3. The van der Waals surface area contributed by atoms with Gasteiger partial charge in [-0.05, 0) is 69.0 Å². The second-order valence-corrected chi connectivity index (χ2v) is 9.89. The van der Waals surface area contributed by atoms with Gasteiger partial charge in [0.15, 0.2) is 0 Å². The zero-order valence-corrected chi connectivity index (χ0v) is 20.7. The van der Waals surface area contributed by atoms with Gasteiger partial charge >= 0.3 is 7.48 Å². The van der Waals surface area contributed by atoms with Crippen LogP contribution in [0.25, 0.3) is 33.5 Å². The fourth-order valence-corrected chi connectivity index (χ4v) is 3.73. The third-order valence-electron chi connectivity index (χ3n) is 6.71. The van der Waals surface area contributed by atoms with Crippen molar-refractivity contribution in [1.29, 1.82) is 0 Å². The van der Waals surface area contributed by atoms with E-state index in [-0.39, 0.29) is 0 Å². The van der Waals surface area contributed by atoms with Gasteiger partial charge in [0.25, 0.3) is 0 Å². The van der Waals surface area contributed by atoms with Gasteiger partial charge in [0.2, 0.25) is 0 Å². The quantitative estimate of drug-likeness (QED) is 0.356. The van der Waals surface area contributed by atoms with E-state index in [0.29, 0.717) is 7.48 Å². The molecule has 3 aromatic carbocycles. The molecule has 0 radical (unpaired) electrons. The Balaban J connectivity index is 1.52. The van der Waals surface area contributed by atoms with Gasteiger partial charge in [-0.25, -0.2) is 0 Å². The second-order valence-electron chi connectivity index (χ2n) is 9.89. The number of aryl methyl sites for hydroxylation is 1. The third kappa shape index (κ3) is 5.30. The van der Waals surface area contributed by atoms with Crippen LogP contribution < -0.4 is 5.46 Å². The summed E-state index contributed by atoms with van der Waals surface area (Å²) >= 11 is 0. The van der Waals surface area contributed by atoms with Crippen molar-refractivity contribution < 1.29 is 9.76 Å². The fourth-order valence-electron chi connectivity index (χ4n) is 3.73. The van der Waals surface area contributed by atoms with Crippen LogP contribution in [0.1, 0.15) is 33.3 Å². The number of pyridine rings is 1. The molecule has 1 heterocycles. The second kappa shape index (κ2) is 9.57. The summed E-state index contributed by atoms with van der Waals surface area (Å²) in [6, 6.07) is 29.5. The van der Waals surface area contributed by atoms with E-state index >= 15 is 0 Å². The van der Waals surface area contributed by atoms with Crippen molar-refractivity contribution in [1.82, 2.24) is 4.98 Å². The minimum atomic E-state index is -0.920. The Morgan fingerprint density at radius 1 is 0.735 bits per heavy atom. The molecule has 3 nitrogen and oxygen atoms in total. The van der Waals surface area contributed by atoms with Gasteiger partial charge in [-0.3, -0.25) is 4.98 Å². The van der Waals surface area contributed by atoms with Gasteiger partial charge in [0, 0.05) is 17.3 Å². The average Bonchev–Trinajstić information content (AvgIpc) is 2.83. The molecular formula is C30H32BNO2. The molecule has 0 amide bonds. The lowest BCUT2D eigenvalue weighted by Gasteiger charge is -2.37. The highest BCUT2D eigenvalue weighted by Gasteiger charge is 2.35. The first-order valence-corrected chi connectivity index (χ1v) is 11.7. The molecule has 0 spiro atoms. The maximum absolute atomic E-state index is 10.3. The molecule has 4 aromatic rings. The lowest BCUT2D eigenvalue weighted by atomic mass is 9.82. The third-order valence-corrected chi connectivity index (χ3v) is 6.71. The highest BCUT2D eigenvalue weighted by Crippen LogP contribution is 2.30. The van der Waals surface area contributed by atoms with E-state index < -0.39 is 11.2 Å². The van der Waals surface area contributed by atoms with Crippen LogP contribution in [0.3, 0.4) is 0 Å². The summed E-state index contributed by atoms with van der Waals surface area (Å²) in [7, 11) is 0.445. The minimum absolute atomic E-state index is 0.445. The molecule has 0 saturated heterocycles. The molecule has 1 aromatic heterocycles. The Morgan fingerprint density at radius 3 is 2.03 bits per heavy atom. The largest absolute Gasteiger partial charge is 0.427 e. The molecule has 0 bridgehead atoms. The summed E-state index contributed by atoms with van der Waals surface area (Å²) in [5.74, 6) is 0. The molecule has 4 heteroatoms. The number of aliphatic hydroxyl groups is 1. The minimum Gasteiger partial charge on any atom is -0.427 e. The SMILES string of the molecule is Cc1cc(-c2ccc(BOC(C)(C)C(C)(C)O)cc2)ncc1-c1cccc(-c2ccccc2)c1. The maximum atomic E-state index is 10.3. The molecule has 0 fully saturated rings. The van der Waals surface area contributed by atoms with E-state index in [0.717, 1.165) is 22.3 Å². The van der Waals surface area contributed by atoms with Gasteiger partial charge < -0.3 is 9.76 Å². The predicted octanol–water partition coefficient (Wildman–Crippen LogP) is 5.93. The van der Waals surface area contributed by atoms with E-state index in [1.54, 1.807) is 13.8 Å². The van der Waals surface area contributed by atoms with Crippen LogP contribution in [-0.2, 0) is 4.65 Å². The Morgan fingerprint density at radius 2 is 1.38 bits per heavy atom. The first-order valence-electron chi connectivity index (χ1n) is 11.7. The monoisotopic (exact) mass is 449 g/mol. The number of hydrogen-bond acceptors (Lipinski definition) is 3.